The molecule has 2 rings (SSSR count). The minimum Gasteiger partial charge on any atom is -0.375 e. The first-order chi connectivity index (χ1) is 8.40. The van der Waals surface area contributed by atoms with Crippen LogP contribution in [-0.4, -0.2) is 37.0 Å². The minimum atomic E-state index is -0.608. The van der Waals surface area contributed by atoms with Gasteiger partial charge in [0.1, 0.15) is 17.8 Å². The summed E-state index contributed by atoms with van der Waals surface area (Å²) in [6, 6.07) is 0. The van der Waals surface area contributed by atoms with E-state index in [0.29, 0.717) is 0 Å². The molecule has 5 atom stereocenters. The number of ether oxygens (including phenoxy) is 4. The normalized spacial score (nSPS) is 43.7. The van der Waals surface area contributed by atoms with Gasteiger partial charge in [-0.2, -0.15) is 0 Å². The van der Waals surface area contributed by atoms with E-state index in [2.05, 4.69) is 20.4 Å². The maximum atomic E-state index is 6.17. The van der Waals surface area contributed by atoms with Crippen LogP contribution < -0.4 is 0 Å². The van der Waals surface area contributed by atoms with Crippen LogP contribution in [0, 0.1) is 5.92 Å². The van der Waals surface area contributed by atoms with Gasteiger partial charge in [0.25, 0.3) is 0 Å². The Hall–Kier alpha value is -0.420. The van der Waals surface area contributed by atoms with Crippen molar-refractivity contribution in [1.29, 1.82) is 0 Å². The molecule has 0 spiro atoms. The molecular weight excluding hydrogens is 232 g/mol. The third-order valence-electron chi connectivity index (χ3n) is 4.13. The van der Waals surface area contributed by atoms with E-state index in [-0.39, 0.29) is 24.4 Å². The molecule has 2 saturated heterocycles. The van der Waals surface area contributed by atoms with Gasteiger partial charge >= 0.3 is 0 Å². The second kappa shape index (κ2) is 4.60. The molecule has 0 radical (unpaired) electrons. The van der Waals surface area contributed by atoms with Gasteiger partial charge < -0.3 is 18.9 Å². The Morgan fingerprint density at radius 2 is 2.00 bits per heavy atom. The topological polar surface area (TPSA) is 36.9 Å². The van der Waals surface area contributed by atoms with Crippen LogP contribution in [0.15, 0.2) is 12.7 Å². The van der Waals surface area contributed by atoms with Crippen molar-refractivity contribution >= 4 is 0 Å². The molecule has 0 bridgehead atoms. The fourth-order valence-electron chi connectivity index (χ4n) is 3.12. The Morgan fingerprint density at radius 3 is 2.50 bits per heavy atom. The fraction of sp³-hybridized carbons (Fsp3) is 0.857. The summed E-state index contributed by atoms with van der Waals surface area (Å²) in [5.41, 5.74) is -0.414. The lowest BCUT2D eigenvalue weighted by molar-refractivity contribution is -0.249. The molecular formula is C14H24O4. The summed E-state index contributed by atoms with van der Waals surface area (Å²) in [6.07, 6.45) is 2.07. The van der Waals surface area contributed by atoms with Gasteiger partial charge in [0, 0.05) is 13.0 Å². The molecule has 2 aliphatic heterocycles. The van der Waals surface area contributed by atoms with E-state index in [1.807, 2.05) is 19.9 Å². The van der Waals surface area contributed by atoms with E-state index in [1.54, 1.807) is 7.11 Å². The summed E-state index contributed by atoms with van der Waals surface area (Å²) < 4.78 is 23.6. The molecule has 2 heterocycles. The maximum absolute atomic E-state index is 6.17. The van der Waals surface area contributed by atoms with E-state index in [0.717, 1.165) is 6.42 Å². The molecule has 0 amide bonds. The van der Waals surface area contributed by atoms with E-state index in [4.69, 9.17) is 18.9 Å². The Balaban J connectivity index is 2.29. The number of fused-ring (bicyclic) bond motifs is 1. The molecule has 0 aromatic rings. The predicted molar refractivity (Wildman–Crippen MR) is 68.1 cm³/mol. The zero-order valence-electron chi connectivity index (χ0n) is 11.9. The average Bonchev–Trinajstić information content (AvgIpc) is 2.76. The molecule has 4 nitrogen and oxygen atoms in total. The number of methoxy groups -OCH3 is 1. The van der Waals surface area contributed by atoms with Gasteiger partial charge in [-0.05, 0) is 20.3 Å². The van der Waals surface area contributed by atoms with Crippen molar-refractivity contribution in [2.75, 3.05) is 7.11 Å². The highest BCUT2D eigenvalue weighted by atomic mass is 16.8. The summed E-state index contributed by atoms with van der Waals surface area (Å²) in [5, 5.41) is 0. The van der Waals surface area contributed by atoms with Crippen molar-refractivity contribution in [3.63, 3.8) is 0 Å². The van der Waals surface area contributed by atoms with Crippen LogP contribution in [0.4, 0.5) is 0 Å². The van der Waals surface area contributed by atoms with E-state index < -0.39 is 11.4 Å². The van der Waals surface area contributed by atoms with Crippen molar-refractivity contribution in [2.24, 2.45) is 5.92 Å². The fourth-order valence-corrected chi connectivity index (χ4v) is 3.12. The van der Waals surface area contributed by atoms with Gasteiger partial charge in [0.05, 0.1) is 0 Å². The Bertz CT molecular complexity index is 328. The lowest BCUT2D eigenvalue weighted by Gasteiger charge is -2.38. The van der Waals surface area contributed by atoms with Gasteiger partial charge in [-0.25, -0.2) is 0 Å². The molecule has 2 aliphatic rings. The molecule has 0 aromatic carbocycles. The highest BCUT2D eigenvalue weighted by Gasteiger charge is 2.62. The van der Waals surface area contributed by atoms with Crippen molar-refractivity contribution in [3.05, 3.63) is 12.7 Å². The summed E-state index contributed by atoms with van der Waals surface area (Å²) in [6.45, 7) is 11.8. The van der Waals surface area contributed by atoms with Crippen LogP contribution in [0.1, 0.15) is 34.1 Å². The molecule has 18 heavy (non-hydrogen) atoms. The Labute approximate surface area is 109 Å². The highest BCUT2D eigenvalue weighted by Crippen LogP contribution is 2.48. The lowest BCUT2D eigenvalue weighted by atomic mass is 9.81. The number of rotatable bonds is 4. The van der Waals surface area contributed by atoms with Crippen LogP contribution in [0.2, 0.25) is 0 Å². The Morgan fingerprint density at radius 1 is 1.33 bits per heavy atom. The van der Waals surface area contributed by atoms with Gasteiger partial charge in [0.2, 0.25) is 0 Å². The molecule has 0 saturated carbocycles. The monoisotopic (exact) mass is 256 g/mol. The number of hydrogen-bond donors (Lipinski definition) is 0. The second-order valence-electron chi connectivity index (χ2n) is 5.58. The second-order valence-corrected chi connectivity index (χ2v) is 5.58. The van der Waals surface area contributed by atoms with Crippen molar-refractivity contribution in [2.45, 2.75) is 64.0 Å². The molecule has 104 valence electrons. The van der Waals surface area contributed by atoms with Gasteiger partial charge in [-0.3, -0.25) is 0 Å². The molecule has 2 fully saturated rings. The van der Waals surface area contributed by atoms with Crippen LogP contribution in [0.25, 0.3) is 0 Å². The van der Waals surface area contributed by atoms with Crippen LogP contribution in [0.3, 0.4) is 0 Å². The molecule has 0 N–H and O–H groups in total. The zero-order chi connectivity index (χ0) is 13.6. The summed E-state index contributed by atoms with van der Waals surface area (Å²) in [5.74, 6) is -0.433. The van der Waals surface area contributed by atoms with Crippen LogP contribution >= 0.6 is 0 Å². The SMILES string of the molecule is C=C[C@H](C)[C@@]1(CC)O[C@@H]2OC(C)(C)O[C@@H]2[C@@H]1OC. The molecule has 0 aliphatic carbocycles. The number of hydrogen-bond acceptors (Lipinski definition) is 4. The molecule has 0 aromatic heterocycles. The minimum absolute atomic E-state index is 0.137. The smallest absolute Gasteiger partial charge is 0.190 e. The quantitative estimate of drug-likeness (QED) is 0.724. The van der Waals surface area contributed by atoms with Crippen LogP contribution in [-0.2, 0) is 18.9 Å². The first-order valence-electron chi connectivity index (χ1n) is 6.59. The Kier molecular flexibility index (Phi) is 3.58. The molecule has 4 heteroatoms. The third kappa shape index (κ3) is 1.92. The van der Waals surface area contributed by atoms with Crippen molar-refractivity contribution in [1.82, 2.24) is 0 Å². The predicted octanol–water partition coefficient (Wildman–Crippen LogP) is 2.48. The standard InChI is InChI=1S/C14H24O4/c1-7-9(3)14(8-2)11(15-6)10-12(18-14)17-13(4,5)16-10/h7,9-12H,1,8H2,2-6H3/t9-,10+,11-,12-,14+/m0/s1. The molecule has 0 unspecified atom stereocenters. The van der Waals surface area contributed by atoms with E-state index in [1.165, 1.54) is 0 Å². The summed E-state index contributed by atoms with van der Waals surface area (Å²) in [7, 11) is 1.70. The largest absolute Gasteiger partial charge is 0.375 e. The summed E-state index contributed by atoms with van der Waals surface area (Å²) in [4.78, 5) is 0. The van der Waals surface area contributed by atoms with E-state index >= 15 is 0 Å². The first kappa shape index (κ1) is 14.0. The van der Waals surface area contributed by atoms with Crippen molar-refractivity contribution in [3.8, 4) is 0 Å². The van der Waals surface area contributed by atoms with Gasteiger partial charge in [0.15, 0.2) is 12.1 Å². The highest BCUT2D eigenvalue weighted by molar-refractivity contribution is 5.09. The zero-order valence-corrected chi connectivity index (χ0v) is 11.9. The summed E-state index contributed by atoms with van der Waals surface area (Å²) >= 11 is 0. The van der Waals surface area contributed by atoms with Gasteiger partial charge in [-0.15, -0.1) is 6.58 Å². The van der Waals surface area contributed by atoms with Crippen LogP contribution in [0.5, 0.6) is 0 Å². The first-order valence-corrected chi connectivity index (χ1v) is 6.59. The lowest BCUT2D eigenvalue weighted by Crippen LogP contribution is -2.49. The van der Waals surface area contributed by atoms with E-state index in [9.17, 15) is 0 Å². The van der Waals surface area contributed by atoms with Crippen molar-refractivity contribution < 1.29 is 18.9 Å². The van der Waals surface area contributed by atoms with Gasteiger partial charge in [-0.1, -0.05) is 19.9 Å². The average molecular weight is 256 g/mol. The third-order valence-corrected chi connectivity index (χ3v) is 4.13. The maximum Gasteiger partial charge on any atom is 0.190 e.